The minimum absolute atomic E-state index is 0.0493. The van der Waals surface area contributed by atoms with E-state index in [-0.39, 0.29) is 11.5 Å². The zero-order valence-corrected chi connectivity index (χ0v) is 14.0. The van der Waals surface area contributed by atoms with Crippen LogP contribution in [0.1, 0.15) is 6.92 Å². The van der Waals surface area contributed by atoms with Crippen LogP contribution in [0.3, 0.4) is 0 Å². The molecule has 0 radical (unpaired) electrons. The number of rotatable bonds is 6. The fourth-order valence-electron chi connectivity index (χ4n) is 2.74. The Kier molecular flexibility index (Phi) is 5.03. The highest BCUT2D eigenvalue weighted by Gasteiger charge is 2.15. The van der Waals surface area contributed by atoms with Crippen LogP contribution in [0, 0.1) is 0 Å². The minimum atomic E-state index is -2.91. The Hall–Kier alpha value is -2.82. The number of methoxy groups -OCH3 is 1. The Labute approximate surface area is 144 Å². The molecule has 3 aromatic rings. The van der Waals surface area contributed by atoms with Gasteiger partial charge in [-0.25, -0.2) is 0 Å². The van der Waals surface area contributed by atoms with Gasteiger partial charge in [-0.3, -0.25) is 0 Å². The molecule has 3 rings (SSSR count). The molecule has 0 unspecified atom stereocenters. The van der Waals surface area contributed by atoms with Crippen molar-refractivity contribution in [2.24, 2.45) is 0 Å². The van der Waals surface area contributed by atoms with Gasteiger partial charge < -0.3 is 14.2 Å². The summed E-state index contributed by atoms with van der Waals surface area (Å²) >= 11 is 0. The molecular formula is C20H18F2O3. The maximum Gasteiger partial charge on any atom is 0.387 e. The fraction of sp³-hybridized carbons (Fsp3) is 0.200. The van der Waals surface area contributed by atoms with Gasteiger partial charge >= 0.3 is 6.61 Å². The van der Waals surface area contributed by atoms with Gasteiger partial charge in [0, 0.05) is 5.39 Å². The van der Waals surface area contributed by atoms with Crippen molar-refractivity contribution in [3.05, 3.63) is 54.6 Å². The summed E-state index contributed by atoms with van der Waals surface area (Å²) in [6.07, 6.45) is 0. The van der Waals surface area contributed by atoms with Gasteiger partial charge in [-0.15, -0.1) is 0 Å². The molecule has 0 aliphatic heterocycles. The summed E-state index contributed by atoms with van der Waals surface area (Å²) in [5.74, 6) is 1.14. The van der Waals surface area contributed by atoms with Gasteiger partial charge in [-0.2, -0.15) is 8.78 Å². The Morgan fingerprint density at radius 2 is 1.64 bits per heavy atom. The number of alkyl halides is 2. The van der Waals surface area contributed by atoms with Crippen molar-refractivity contribution < 1.29 is 23.0 Å². The molecule has 0 heterocycles. The number of halogens is 2. The zero-order chi connectivity index (χ0) is 17.8. The average Bonchev–Trinajstić information content (AvgIpc) is 2.62. The second kappa shape index (κ2) is 7.38. The zero-order valence-electron chi connectivity index (χ0n) is 14.0. The monoisotopic (exact) mass is 344 g/mol. The summed E-state index contributed by atoms with van der Waals surface area (Å²) in [7, 11) is 1.42. The molecule has 0 N–H and O–H groups in total. The van der Waals surface area contributed by atoms with E-state index in [4.69, 9.17) is 9.47 Å². The molecule has 0 fully saturated rings. The van der Waals surface area contributed by atoms with Crippen molar-refractivity contribution in [1.82, 2.24) is 0 Å². The maximum atomic E-state index is 12.7. The molecule has 25 heavy (non-hydrogen) atoms. The second-order valence-electron chi connectivity index (χ2n) is 5.37. The van der Waals surface area contributed by atoms with Crippen molar-refractivity contribution in [2.45, 2.75) is 13.5 Å². The highest BCUT2D eigenvalue weighted by Crippen LogP contribution is 2.38. The molecule has 0 saturated carbocycles. The van der Waals surface area contributed by atoms with Crippen LogP contribution in [0.15, 0.2) is 54.6 Å². The standard InChI is InChI=1S/C20H18F2O3/c1-3-24-16-8-4-13(5-9-16)14-6-10-17-15(12-14)7-11-18(23-2)19(17)25-20(21)22/h4-12,20H,3H2,1-2H3. The molecule has 3 nitrogen and oxygen atoms in total. The Balaban J connectivity index is 2.02. The van der Waals surface area contributed by atoms with Crippen LogP contribution < -0.4 is 14.2 Å². The van der Waals surface area contributed by atoms with E-state index in [1.165, 1.54) is 7.11 Å². The summed E-state index contributed by atoms with van der Waals surface area (Å²) in [6.45, 7) is -0.362. The minimum Gasteiger partial charge on any atom is -0.494 e. The second-order valence-corrected chi connectivity index (χ2v) is 5.37. The van der Waals surface area contributed by atoms with Gasteiger partial charge in [0.2, 0.25) is 0 Å². The van der Waals surface area contributed by atoms with Crippen molar-refractivity contribution in [3.63, 3.8) is 0 Å². The lowest BCUT2D eigenvalue weighted by atomic mass is 10.0. The number of ether oxygens (including phenoxy) is 3. The number of fused-ring (bicyclic) bond motifs is 1. The summed E-state index contributed by atoms with van der Waals surface area (Å²) in [5.41, 5.74) is 1.99. The van der Waals surface area contributed by atoms with Crippen molar-refractivity contribution >= 4 is 10.8 Å². The first-order chi connectivity index (χ1) is 12.1. The third kappa shape index (κ3) is 3.65. The third-order valence-electron chi connectivity index (χ3n) is 3.86. The van der Waals surface area contributed by atoms with Crippen LogP contribution in [0.5, 0.6) is 17.2 Å². The predicted octanol–water partition coefficient (Wildman–Crippen LogP) is 5.52. The fourth-order valence-corrected chi connectivity index (χ4v) is 2.74. The molecule has 0 atom stereocenters. The van der Waals surface area contributed by atoms with Crippen LogP contribution in [-0.2, 0) is 0 Å². The maximum absolute atomic E-state index is 12.7. The number of benzene rings is 3. The van der Waals surface area contributed by atoms with Crippen molar-refractivity contribution in [2.75, 3.05) is 13.7 Å². The number of hydrogen-bond donors (Lipinski definition) is 0. The molecule has 5 heteroatoms. The normalized spacial score (nSPS) is 10.9. The van der Waals surface area contributed by atoms with Gasteiger partial charge in [0.1, 0.15) is 5.75 Å². The molecule has 0 aromatic heterocycles. The Morgan fingerprint density at radius 1 is 0.920 bits per heavy atom. The van der Waals surface area contributed by atoms with E-state index in [1.807, 2.05) is 49.4 Å². The summed E-state index contributed by atoms with van der Waals surface area (Å²) in [4.78, 5) is 0. The van der Waals surface area contributed by atoms with Gasteiger partial charge in [-0.1, -0.05) is 24.3 Å². The Bertz CT molecular complexity index is 861. The van der Waals surface area contributed by atoms with Crippen molar-refractivity contribution in [3.8, 4) is 28.4 Å². The van der Waals surface area contributed by atoms with Gasteiger partial charge in [0.15, 0.2) is 11.5 Å². The smallest absolute Gasteiger partial charge is 0.387 e. The van der Waals surface area contributed by atoms with Crippen LogP contribution in [0.25, 0.3) is 21.9 Å². The van der Waals surface area contributed by atoms with E-state index in [1.54, 1.807) is 12.1 Å². The first-order valence-corrected chi connectivity index (χ1v) is 7.91. The summed E-state index contributed by atoms with van der Waals surface area (Å²) in [6, 6.07) is 16.8. The summed E-state index contributed by atoms with van der Waals surface area (Å²) < 4.78 is 40.7. The lowest BCUT2D eigenvalue weighted by molar-refractivity contribution is -0.0501. The van der Waals surface area contributed by atoms with Gasteiger partial charge in [-0.05, 0) is 53.8 Å². The highest BCUT2D eigenvalue weighted by atomic mass is 19.3. The van der Waals surface area contributed by atoms with Gasteiger partial charge in [0.25, 0.3) is 0 Å². The van der Waals surface area contributed by atoms with Gasteiger partial charge in [0.05, 0.1) is 13.7 Å². The van der Waals surface area contributed by atoms with E-state index < -0.39 is 6.61 Å². The van der Waals surface area contributed by atoms with E-state index in [0.717, 1.165) is 22.3 Å². The van der Waals surface area contributed by atoms with E-state index in [0.29, 0.717) is 12.0 Å². The molecule has 0 aliphatic carbocycles. The number of hydrogen-bond acceptors (Lipinski definition) is 3. The quantitative estimate of drug-likeness (QED) is 0.590. The van der Waals surface area contributed by atoms with Crippen molar-refractivity contribution in [1.29, 1.82) is 0 Å². The molecule has 0 saturated heterocycles. The molecule has 0 amide bonds. The topological polar surface area (TPSA) is 27.7 Å². The molecular weight excluding hydrogens is 326 g/mol. The van der Waals surface area contributed by atoms with Crippen LogP contribution in [0.4, 0.5) is 8.78 Å². The SMILES string of the molecule is CCOc1ccc(-c2ccc3c(OC(F)F)c(OC)ccc3c2)cc1. The highest BCUT2D eigenvalue weighted by molar-refractivity contribution is 5.93. The molecule has 0 spiro atoms. The molecule has 130 valence electrons. The Morgan fingerprint density at radius 3 is 2.28 bits per heavy atom. The van der Waals surface area contributed by atoms with Crippen LogP contribution in [0.2, 0.25) is 0 Å². The van der Waals surface area contributed by atoms with Crippen LogP contribution >= 0.6 is 0 Å². The van der Waals surface area contributed by atoms with E-state index in [9.17, 15) is 8.78 Å². The summed E-state index contributed by atoms with van der Waals surface area (Å²) in [5, 5.41) is 1.37. The first kappa shape index (κ1) is 17.0. The largest absolute Gasteiger partial charge is 0.494 e. The molecule has 0 aliphatic rings. The predicted molar refractivity (Wildman–Crippen MR) is 93.7 cm³/mol. The van der Waals surface area contributed by atoms with E-state index in [2.05, 4.69) is 4.74 Å². The average molecular weight is 344 g/mol. The lowest BCUT2D eigenvalue weighted by Crippen LogP contribution is -2.04. The van der Waals surface area contributed by atoms with Crippen LogP contribution in [-0.4, -0.2) is 20.3 Å². The molecule has 3 aromatic carbocycles. The van der Waals surface area contributed by atoms with E-state index >= 15 is 0 Å². The first-order valence-electron chi connectivity index (χ1n) is 7.91. The third-order valence-corrected chi connectivity index (χ3v) is 3.86. The lowest BCUT2D eigenvalue weighted by Gasteiger charge is -2.13. The molecule has 0 bridgehead atoms.